The molecule has 0 saturated heterocycles. The number of hydrogen-bond acceptors (Lipinski definition) is 6. The van der Waals surface area contributed by atoms with Crippen LogP contribution in [0, 0.1) is 0 Å². The van der Waals surface area contributed by atoms with Crippen LogP contribution in [0.5, 0.6) is 0 Å². The second-order valence-corrected chi connectivity index (χ2v) is 2.58. The maximum atomic E-state index is 8.76. The van der Waals surface area contributed by atoms with Gasteiger partial charge >= 0.3 is 0 Å². The van der Waals surface area contributed by atoms with Crippen molar-refractivity contribution in [1.82, 2.24) is 4.90 Å². The summed E-state index contributed by atoms with van der Waals surface area (Å²) in [5.74, 6) is -1.37. The lowest BCUT2D eigenvalue weighted by Gasteiger charge is -2.35. The Balaban J connectivity index is 4.07. The van der Waals surface area contributed by atoms with Crippen LogP contribution in [0.2, 0.25) is 0 Å². The van der Waals surface area contributed by atoms with Crippen molar-refractivity contribution < 1.29 is 15.3 Å². The number of aliphatic hydroxyl groups is 3. The number of hydrogen-bond donors (Lipinski definition) is 5. The largest absolute Gasteiger partial charge is 0.395 e. The summed E-state index contributed by atoms with van der Waals surface area (Å²) in [5, 5.41) is 26.0. The predicted molar refractivity (Wildman–Crippen MR) is 43.9 cm³/mol. The molecule has 0 unspecified atom stereocenters. The van der Waals surface area contributed by atoms with E-state index < -0.39 is 12.4 Å². The Morgan fingerprint density at radius 2 is 1.42 bits per heavy atom. The molecule has 0 spiro atoms. The summed E-state index contributed by atoms with van der Waals surface area (Å²) in [5.41, 5.74) is 10.9. The van der Waals surface area contributed by atoms with Crippen LogP contribution in [-0.2, 0) is 0 Å². The fraction of sp³-hybridized carbons (Fsp3) is 1.00. The average Bonchev–Trinajstić information content (AvgIpc) is 2.04. The fourth-order valence-electron chi connectivity index (χ4n) is 0.870. The summed E-state index contributed by atoms with van der Waals surface area (Å²) < 4.78 is 0. The Kier molecular flexibility index (Phi) is 5.31. The van der Waals surface area contributed by atoms with Gasteiger partial charge in [0.25, 0.3) is 0 Å². The first kappa shape index (κ1) is 11.8. The molecule has 0 rings (SSSR count). The molecule has 0 bridgehead atoms. The van der Waals surface area contributed by atoms with Crippen LogP contribution in [0.3, 0.4) is 0 Å². The molecule has 0 saturated carbocycles. The van der Waals surface area contributed by atoms with E-state index in [0.29, 0.717) is 0 Å². The smallest absolute Gasteiger partial charge is 0.145 e. The Morgan fingerprint density at radius 3 is 1.67 bits per heavy atom. The minimum Gasteiger partial charge on any atom is -0.395 e. The van der Waals surface area contributed by atoms with Crippen molar-refractivity contribution in [3.63, 3.8) is 0 Å². The Labute approximate surface area is 71.4 Å². The standard InChI is InChI=1S/C6H17N3O3/c7-6(8,5-12)9(1-3-10)2-4-11/h10-12H,1-5,7-8H2. The van der Waals surface area contributed by atoms with E-state index in [-0.39, 0.29) is 26.3 Å². The van der Waals surface area contributed by atoms with Gasteiger partial charge in [-0.3, -0.25) is 16.4 Å². The first-order valence-electron chi connectivity index (χ1n) is 3.74. The van der Waals surface area contributed by atoms with Crippen LogP contribution >= 0.6 is 0 Å². The van der Waals surface area contributed by atoms with Crippen LogP contribution in [0.25, 0.3) is 0 Å². The summed E-state index contributed by atoms with van der Waals surface area (Å²) >= 11 is 0. The van der Waals surface area contributed by atoms with Gasteiger partial charge in [0.2, 0.25) is 0 Å². The highest BCUT2D eigenvalue weighted by molar-refractivity contribution is 4.76. The van der Waals surface area contributed by atoms with Gasteiger partial charge in [-0.05, 0) is 0 Å². The van der Waals surface area contributed by atoms with E-state index in [1.807, 2.05) is 0 Å². The summed E-state index contributed by atoms with van der Waals surface area (Å²) in [6.45, 7) is -0.193. The van der Waals surface area contributed by atoms with Gasteiger partial charge in [0.1, 0.15) is 5.79 Å². The van der Waals surface area contributed by atoms with E-state index in [0.717, 1.165) is 0 Å². The maximum absolute atomic E-state index is 8.76. The number of aliphatic hydroxyl groups excluding tert-OH is 3. The molecule has 6 nitrogen and oxygen atoms in total. The third-order valence-corrected chi connectivity index (χ3v) is 1.58. The molecule has 6 heteroatoms. The maximum Gasteiger partial charge on any atom is 0.145 e. The van der Waals surface area contributed by atoms with Gasteiger partial charge < -0.3 is 15.3 Å². The minimum absolute atomic E-state index is 0.115. The van der Waals surface area contributed by atoms with Crippen LogP contribution < -0.4 is 11.5 Å². The number of nitrogens with zero attached hydrogens (tertiary/aromatic N) is 1. The van der Waals surface area contributed by atoms with E-state index in [4.69, 9.17) is 26.8 Å². The highest BCUT2D eigenvalue weighted by atomic mass is 16.3. The van der Waals surface area contributed by atoms with Gasteiger partial charge in [-0.25, -0.2) is 0 Å². The molecule has 0 amide bonds. The lowest BCUT2D eigenvalue weighted by molar-refractivity contribution is 0.0152. The average molecular weight is 179 g/mol. The second-order valence-electron chi connectivity index (χ2n) is 2.58. The third-order valence-electron chi connectivity index (χ3n) is 1.58. The number of nitrogens with two attached hydrogens (primary N) is 2. The normalized spacial score (nSPS) is 12.5. The molecule has 0 aliphatic rings. The fourth-order valence-corrected chi connectivity index (χ4v) is 0.870. The molecule has 7 N–H and O–H groups in total. The number of rotatable bonds is 6. The van der Waals surface area contributed by atoms with Crippen LogP contribution in [0.1, 0.15) is 0 Å². The zero-order valence-corrected chi connectivity index (χ0v) is 6.98. The zero-order chi connectivity index (χ0) is 9.61. The van der Waals surface area contributed by atoms with Gasteiger partial charge in [0, 0.05) is 13.1 Å². The van der Waals surface area contributed by atoms with E-state index in [1.54, 1.807) is 0 Å². The van der Waals surface area contributed by atoms with Crippen LogP contribution in [0.4, 0.5) is 0 Å². The second kappa shape index (κ2) is 5.41. The van der Waals surface area contributed by atoms with Crippen LogP contribution in [-0.4, -0.2) is 58.9 Å². The topological polar surface area (TPSA) is 116 Å². The molecular weight excluding hydrogens is 162 g/mol. The molecule has 0 fully saturated rings. The molecule has 0 atom stereocenters. The highest BCUT2D eigenvalue weighted by Gasteiger charge is 2.25. The van der Waals surface area contributed by atoms with E-state index in [9.17, 15) is 0 Å². The van der Waals surface area contributed by atoms with Crippen molar-refractivity contribution in [3.8, 4) is 0 Å². The van der Waals surface area contributed by atoms with Crippen molar-refractivity contribution in [2.45, 2.75) is 5.79 Å². The van der Waals surface area contributed by atoms with Crippen molar-refractivity contribution in [3.05, 3.63) is 0 Å². The molecule has 74 valence electrons. The molecule has 12 heavy (non-hydrogen) atoms. The van der Waals surface area contributed by atoms with E-state index in [2.05, 4.69) is 0 Å². The predicted octanol–water partition coefficient (Wildman–Crippen LogP) is -3.16. The van der Waals surface area contributed by atoms with Gasteiger partial charge in [-0.1, -0.05) is 0 Å². The van der Waals surface area contributed by atoms with Gasteiger partial charge in [0.15, 0.2) is 0 Å². The molecule has 0 aromatic rings. The first-order chi connectivity index (χ1) is 5.58. The van der Waals surface area contributed by atoms with Gasteiger partial charge in [-0.15, -0.1) is 0 Å². The van der Waals surface area contributed by atoms with Crippen molar-refractivity contribution in [2.75, 3.05) is 32.9 Å². The molecule has 0 radical (unpaired) electrons. The monoisotopic (exact) mass is 179 g/mol. The summed E-state index contributed by atoms with van der Waals surface area (Å²) in [4.78, 5) is 1.41. The Hall–Kier alpha value is -0.240. The first-order valence-corrected chi connectivity index (χ1v) is 3.74. The molecule has 0 aromatic heterocycles. The van der Waals surface area contributed by atoms with Crippen molar-refractivity contribution >= 4 is 0 Å². The van der Waals surface area contributed by atoms with Crippen molar-refractivity contribution in [1.29, 1.82) is 0 Å². The van der Waals surface area contributed by atoms with E-state index >= 15 is 0 Å². The molecule has 0 aliphatic carbocycles. The molecular formula is C6H17N3O3. The lowest BCUT2D eigenvalue weighted by atomic mass is 10.3. The lowest BCUT2D eigenvalue weighted by Crippen LogP contribution is -2.66. The summed E-state index contributed by atoms with van der Waals surface area (Å²) in [6, 6.07) is 0. The zero-order valence-electron chi connectivity index (χ0n) is 6.98. The summed E-state index contributed by atoms with van der Waals surface area (Å²) in [6.07, 6.45) is 0. The van der Waals surface area contributed by atoms with Gasteiger partial charge in [0.05, 0.1) is 19.8 Å². The van der Waals surface area contributed by atoms with E-state index in [1.165, 1.54) is 4.90 Å². The van der Waals surface area contributed by atoms with Crippen molar-refractivity contribution in [2.24, 2.45) is 11.5 Å². The quantitative estimate of drug-likeness (QED) is 0.275. The summed E-state index contributed by atoms with van der Waals surface area (Å²) in [7, 11) is 0. The van der Waals surface area contributed by atoms with Crippen LogP contribution in [0.15, 0.2) is 0 Å². The molecule has 0 aliphatic heterocycles. The minimum atomic E-state index is -1.37. The van der Waals surface area contributed by atoms with Gasteiger partial charge in [-0.2, -0.15) is 0 Å². The Morgan fingerprint density at radius 1 is 1.00 bits per heavy atom. The Bertz CT molecular complexity index is 115. The molecule has 0 aromatic carbocycles. The molecule has 0 heterocycles. The highest BCUT2D eigenvalue weighted by Crippen LogP contribution is 1.99. The SMILES string of the molecule is NC(N)(CO)N(CCO)CCO. The third kappa shape index (κ3) is 3.44.